The van der Waals surface area contributed by atoms with Crippen molar-refractivity contribution >= 4 is 0 Å². The summed E-state index contributed by atoms with van der Waals surface area (Å²) in [4.78, 5) is 0. The topological polar surface area (TPSA) is 39.7 Å². The molecule has 0 aliphatic carbocycles. The molecule has 1 aromatic carbocycles. The largest absolute Gasteiger partial charge is 0.496 e. The molecule has 1 atom stereocenters. The molecule has 0 saturated carbocycles. The van der Waals surface area contributed by atoms with Gasteiger partial charge in [0, 0.05) is 5.56 Å². The highest BCUT2D eigenvalue weighted by molar-refractivity contribution is 5.35. The van der Waals surface area contributed by atoms with Crippen LogP contribution in [-0.4, -0.2) is 39.6 Å². The smallest absolute Gasteiger partial charge is 0.123 e. The molecular weight excluding hydrogens is 254 g/mol. The van der Waals surface area contributed by atoms with Crippen LogP contribution in [0.1, 0.15) is 32.4 Å². The van der Waals surface area contributed by atoms with Crippen molar-refractivity contribution in [3.63, 3.8) is 0 Å². The van der Waals surface area contributed by atoms with E-state index in [1.807, 2.05) is 32.0 Å². The number of hydrogen-bond donors (Lipinski definition) is 1. The van der Waals surface area contributed by atoms with Crippen LogP contribution < -0.4 is 10.1 Å². The van der Waals surface area contributed by atoms with E-state index in [1.54, 1.807) is 7.11 Å². The van der Waals surface area contributed by atoms with Gasteiger partial charge in [-0.2, -0.15) is 0 Å². The van der Waals surface area contributed by atoms with Crippen LogP contribution >= 0.6 is 0 Å². The lowest BCUT2D eigenvalue weighted by Gasteiger charge is -2.21. The van der Waals surface area contributed by atoms with E-state index >= 15 is 0 Å². The molecule has 0 aliphatic rings. The molecule has 0 aromatic heterocycles. The molecule has 0 radical (unpaired) electrons. The van der Waals surface area contributed by atoms with Crippen molar-refractivity contribution in [3.8, 4) is 5.75 Å². The summed E-state index contributed by atoms with van der Waals surface area (Å²) in [6, 6.07) is 8.17. The minimum atomic E-state index is 0.134. The lowest BCUT2D eigenvalue weighted by Crippen LogP contribution is -2.26. The first kappa shape index (κ1) is 17.0. The number of likely N-dealkylation sites (N-methyl/N-ethyl adjacent to an activating group) is 1. The molecular formula is C16H27NO3. The first-order chi connectivity index (χ1) is 9.69. The van der Waals surface area contributed by atoms with Crippen LogP contribution in [0.5, 0.6) is 5.75 Å². The van der Waals surface area contributed by atoms with Crippen LogP contribution in [0.25, 0.3) is 0 Å². The van der Waals surface area contributed by atoms with Crippen molar-refractivity contribution in [3.05, 3.63) is 29.8 Å². The summed E-state index contributed by atoms with van der Waals surface area (Å²) in [5.74, 6) is 0.889. The summed E-state index contributed by atoms with van der Waals surface area (Å²) >= 11 is 0. The van der Waals surface area contributed by atoms with Crippen molar-refractivity contribution in [2.45, 2.75) is 32.9 Å². The number of para-hydroxylation sites is 1. The van der Waals surface area contributed by atoms with Crippen molar-refractivity contribution in [1.29, 1.82) is 0 Å². The number of ether oxygens (including phenoxy) is 3. The van der Waals surface area contributed by atoms with E-state index in [9.17, 15) is 0 Å². The van der Waals surface area contributed by atoms with Crippen LogP contribution in [-0.2, 0) is 9.47 Å². The van der Waals surface area contributed by atoms with Crippen LogP contribution in [0.2, 0.25) is 0 Å². The van der Waals surface area contributed by atoms with Gasteiger partial charge in [0.1, 0.15) is 5.75 Å². The highest BCUT2D eigenvalue weighted by atomic mass is 16.5. The summed E-state index contributed by atoms with van der Waals surface area (Å²) in [6.07, 6.45) is 0.248. The molecule has 0 saturated heterocycles. The molecule has 20 heavy (non-hydrogen) atoms. The van der Waals surface area contributed by atoms with E-state index < -0.39 is 0 Å². The molecule has 4 nitrogen and oxygen atoms in total. The summed E-state index contributed by atoms with van der Waals surface area (Å²) in [5.41, 5.74) is 1.13. The summed E-state index contributed by atoms with van der Waals surface area (Å²) in [5, 5.41) is 3.43. The minimum Gasteiger partial charge on any atom is -0.496 e. The van der Waals surface area contributed by atoms with E-state index in [4.69, 9.17) is 14.2 Å². The molecule has 0 heterocycles. The Bertz CT molecular complexity index is 368. The molecule has 0 spiro atoms. The van der Waals surface area contributed by atoms with Crippen LogP contribution in [0.15, 0.2) is 24.3 Å². The predicted molar refractivity (Wildman–Crippen MR) is 81.3 cm³/mol. The van der Waals surface area contributed by atoms with Gasteiger partial charge in [0.15, 0.2) is 0 Å². The third-order valence-electron chi connectivity index (χ3n) is 2.93. The van der Waals surface area contributed by atoms with Crippen molar-refractivity contribution in [2.75, 3.05) is 33.5 Å². The van der Waals surface area contributed by atoms with Gasteiger partial charge in [-0.15, -0.1) is 0 Å². The average molecular weight is 281 g/mol. The SMILES string of the molecule is CCNC(COCCOC(C)C)c1ccccc1OC. The van der Waals surface area contributed by atoms with Gasteiger partial charge in [-0.05, 0) is 26.5 Å². The first-order valence-corrected chi connectivity index (χ1v) is 7.24. The minimum absolute atomic E-state index is 0.134. The number of rotatable bonds is 10. The Kier molecular flexibility index (Phi) is 8.26. The van der Waals surface area contributed by atoms with E-state index in [2.05, 4.69) is 18.3 Å². The lowest BCUT2D eigenvalue weighted by molar-refractivity contribution is 0.0137. The Morgan fingerprint density at radius 1 is 1.15 bits per heavy atom. The maximum atomic E-state index is 5.71. The van der Waals surface area contributed by atoms with Gasteiger partial charge in [-0.3, -0.25) is 0 Å². The number of methoxy groups -OCH3 is 1. The zero-order chi connectivity index (χ0) is 14.8. The van der Waals surface area contributed by atoms with E-state index in [1.165, 1.54) is 0 Å². The van der Waals surface area contributed by atoms with Gasteiger partial charge in [0.05, 0.1) is 39.1 Å². The monoisotopic (exact) mass is 281 g/mol. The van der Waals surface area contributed by atoms with Crippen molar-refractivity contribution in [2.24, 2.45) is 0 Å². The third kappa shape index (κ3) is 5.90. The molecule has 1 unspecified atom stereocenters. The molecule has 4 heteroatoms. The maximum Gasteiger partial charge on any atom is 0.123 e. The van der Waals surface area contributed by atoms with Crippen molar-refractivity contribution < 1.29 is 14.2 Å². The van der Waals surface area contributed by atoms with Gasteiger partial charge in [0.25, 0.3) is 0 Å². The highest BCUT2D eigenvalue weighted by Gasteiger charge is 2.14. The quantitative estimate of drug-likeness (QED) is 0.669. The molecule has 0 aliphatic heterocycles. The zero-order valence-electron chi connectivity index (χ0n) is 13.0. The summed E-state index contributed by atoms with van der Waals surface area (Å²) in [7, 11) is 1.69. The second-order valence-corrected chi connectivity index (χ2v) is 4.85. The van der Waals surface area contributed by atoms with Gasteiger partial charge in [-0.1, -0.05) is 25.1 Å². The van der Waals surface area contributed by atoms with Crippen molar-refractivity contribution in [1.82, 2.24) is 5.32 Å². The fourth-order valence-electron chi connectivity index (χ4n) is 2.00. The normalized spacial score (nSPS) is 12.7. The molecule has 0 amide bonds. The maximum absolute atomic E-state index is 5.71. The molecule has 0 bridgehead atoms. The Hall–Kier alpha value is -1.10. The molecule has 1 aromatic rings. The summed E-state index contributed by atoms with van der Waals surface area (Å²) in [6.45, 7) is 8.86. The Balaban J connectivity index is 2.51. The first-order valence-electron chi connectivity index (χ1n) is 7.24. The Morgan fingerprint density at radius 2 is 1.90 bits per heavy atom. The molecule has 114 valence electrons. The average Bonchev–Trinajstić information content (AvgIpc) is 2.45. The van der Waals surface area contributed by atoms with Crippen LogP contribution in [0, 0.1) is 0 Å². The highest BCUT2D eigenvalue weighted by Crippen LogP contribution is 2.24. The molecule has 1 N–H and O–H groups in total. The van der Waals surface area contributed by atoms with Crippen LogP contribution in [0.4, 0.5) is 0 Å². The second kappa shape index (κ2) is 9.75. The summed E-state index contributed by atoms with van der Waals surface area (Å²) < 4.78 is 16.6. The van der Waals surface area contributed by atoms with E-state index in [0.29, 0.717) is 19.8 Å². The Labute approximate surface area is 122 Å². The van der Waals surface area contributed by atoms with E-state index in [-0.39, 0.29) is 12.1 Å². The molecule has 0 fully saturated rings. The predicted octanol–water partition coefficient (Wildman–Crippen LogP) is 2.79. The van der Waals surface area contributed by atoms with Gasteiger partial charge < -0.3 is 19.5 Å². The second-order valence-electron chi connectivity index (χ2n) is 4.85. The molecule has 1 rings (SSSR count). The standard InChI is InChI=1S/C16H27NO3/c1-5-17-15(12-19-10-11-20-13(2)3)14-8-6-7-9-16(14)18-4/h6-9,13,15,17H,5,10-12H2,1-4H3. The van der Waals surface area contributed by atoms with Crippen LogP contribution in [0.3, 0.4) is 0 Å². The van der Waals surface area contributed by atoms with Gasteiger partial charge in [-0.25, -0.2) is 0 Å². The fraction of sp³-hybridized carbons (Fsp3) is 0.625. The number of nitrogens with one attached hydrogen (secondary N) is 1. The third-order valence-corrected chi connectivity index (χ3v) is 2.93. The lowest BCUT2D eigenvalue weighted by atomic mass is 10.1. The van der Waals surface area contributed by atoms with E-state index in [0.717, 1.165) is 17.9 Å². The Morgan fingerprint density at radius 3 is 2.55 bits per heavy atom. The van der Waals surface area contributed by atoms with Gasteiger partial charge in [0.2, 0.25) is 0 Å². The number of benzene rings is 1. The zero-order valence-corrected chi connectivity index (χ0v) is 13.0. The fourth-order valence-corrected chi connectivity index (χ4v) is 2.00. The van der Waals surface area contributed by atoms with Gasteiger partial charge >= 0.3 is 0 Å². The number of hydrogen-bond acceptors (Lipinski definition) is 4.